The summed E-state index contributed by atoms with van der Waals surface area (Å²) in [6.45, 7) is 9.84. The van der Waals surface area contributed by atoms with Gasteiger partial charge in [-0.15, -0.1) is 0 Å². The molecule has 0 N–H and O–H groups in total. The van der Waals surface area contributed by atoms with Crippen molar-refractivity contribution in [3.05, 3.63) is 35.9 Å². The molecule has 0 saturated carbocycles. The number of rotatable bonds is 3. The number of benzene rings is 1. The van der Waals surface area contributed by atoms with Gasteiger partial charge in [0.2, 0.25) is 0 Å². The van der Waals surface area contributed by atoms with Gasteiger partial charge in [0.15, 0.2) is 0 Å². The van der Waals surface area contributed by atoms with Crippen LogP contribution in [-0.4, -0.2) is 48.1 Å². The summed E-state index contributed by atoms with van der Waals surface area (Å²) >= 11 is 0. The summed E-state index contributed by atoms with van der Waals surface area (Å²) in [7, 11) is 0. The smallest absolute Gasteiger partial charge is 0.0224 e. The minimum Gasteiger partial charge on any atom is -0.298 e. The van der Waals surface area contributed by atoms with E-state index in [2.05, 4.69) is 54.0 Å². The summed E-state index contributed by atoms with van der Waals surface area (Å²) in [5, 5.41) is 0. The molecular weight excluding hydrogens is 232 g/mol. The Morgan fingerprint density at radius 1 is 1.21 bits per heavy atom. The summed E-state index contributed by atoms with van der Waals surface area (Å²) in [6.07, 6.45) is 2.81. The molecule has 1 aromatic rings. The first-order chi connectivity index (χ1) is 9.24. The van der Waals surface area contributed by atoms with Crippen LogP contribution >= 0.6 is 0 Å². The highest BCUT2D eigenvalue weighted by atomic mass is 15.3. The van der Waals surface area contributed by atoms with Gasteiger partial charge >= 0.3 is 0 Å². The predicted octanol–water partition coefficient (Wildman–Crippen LogP) is 2.96. The van der Waals surface area contributed by atoms with E-state index in [4.69, 9.17) is 0 Å². The lowest BCUT2D eigenvalue weighted by Gasteiger charge is -2.43. The van der Waals surface area contributed by atoms with Crippen LogP contribution in [-0.2, 0) is 0 Å². The molecule has 2 heteroatoms. The molecule has 19 heavy (non-hydrogen) atoms. The van der Waals surface area contributed by atoms with Gasteiger partial charge in [-0.1, -0.05) is 37.3 Å². The molecule has 0 aliphatic carbocycles. The molecule has 0 amide bonds. The summed E-state index contributed by atoms with van der Waals surface area (Å²) < 4.78 is 0. The largest absolute Gasteiger partial charge is 0.298 e. The van der Waals surface area contributed by atoms with E-state index in [1.165, 1.54) is 44.6 Å². The van der Waals surface area contributed by atoms with Crippen molar-refractivity contribution in [3.8, 4) is 0 Å². The summed E-state index contributed by atoms with van der Waals surface area (Å²) in [5.41, 5.74) is 1.48. The Morgan fingerprint density at radius 3 is 2.79 bits per heavy atom. The SMILES string of the molecule is CC(CN1CC2CCCN2CC1C)c1ccccc1. The molecule has 3 rings (SSSR count). The van der Waals surface area contributed by atoms with Crippen molar-refractivity contribution in [1.82, 2.24) is 9.80 Å². The molecule has 2 nitrogen and oxygen atoms in total. The van der Waals surface area contributed by atoms with Crippen molar-refractivity contribution in [2.24, 2.45) is 0 Å². The molecule has 3 atom stereocenters. The number of hydrogen-bond donors (Lipinski definition) is 0. The lowest BCUT2D eigenvalue weighted by Crippen LogP contribution is -2.55. The molecule has 104 valence electrons. The molecule has 3 unspecified atom stereocenters. The summed E-state index contributed by atoms with van der Waals surface area (Å²) in [5.74, 6) is 0.636. The second-order valence-electron chi connectivity index (χ2n) is 6.41. The Morgan fingerprint density at radius 2 is 2.00 bits per heavy atom. The first-order valence-corrected chi connectivity index (χ1v) is 7.77. The molecule has 1 aromatic carbocycles. The minimum absolute atomic E-state index is 0.636. The lowest BCUT2D eigenvalue weighted by molar-refractivity contribution is 0.0561. The normalized spacial score (nSPS) is 30.2. The van der Waals surface area contributed by atoms with E-state index in [0.29, 0.717) is 12.0 Å². The zero-order chi connectivity index (χ0) is 13.2. The van der Waals surface area contributed by atoms with E-state index in [-0.39, 0.29) is 0 Å². The summed E-state index contributed by atoms with van der Waals surface area (Å²) in [6, 6.07) is 12.5. The fraction of sp³-hybridized carbons (Fsp3) is 0.647. The molecule has 2 aliphatic heterocycles. The van der Waals surface area contributed by atoms with E-state index in [9.17, 15) is 0 Å². The van der Waals surface area contributed by atoms with Crippen LogP contribution in [0, 0.1) is 0 Å². The van der Waals surface area contributed by atoms with E-state index < -0.39 is 0 Å². The van der Waals surface area contributed by atoms with E-state index in [1.54, 1.807) is 0 Å². The maximum Gasteiger partial charge on any atom is 0.0224 e. The van der Waals surface area contributed by atoms with Crippen molar-refractivity contribution in [1.29, 1.82) is 0 Å². The van der Waals surface area contributed by atoms with Crippen molar-refractivity contribution < 1.29 is 0 Å². The van der Waals surface area contributed by atoms with Crippen LogP contribution in [0.1, 0.15) is 38.2 Å². The second kappa shape index (κ2) is 5.64. The van der Waals surface area contributed by atoms with Gasteiger partial charge in [-0.05, 0) is 37.8 Å². The van der Waals surface area contributed by atoms with Crippen LogP contribution in [0.15, 0.2) is 30.3 Å². The number of fused-ring (bicyclic) bond motifs is 1. The predicted molar refractivity (Wildman–Crippen MR) is 80.5 cm³/mol. The van der Waals surface area contributed by atoms with Gasteiger partial charge in [0.25, 0.3) is 0 Å². The van der Waals surface area contributed by atoms with Crippen LogP contribution < -0.4 is 0 Å². The third-order valence-corrected chi connectivity index (χ3v) is 4.94. The molecule has 0 radical (unpaired) electrons. The molecule has 0 spiro atoms. The first kappa shape index (κ1) is 13.1. The zero-order valence-electron chi connectivity index (χ0n) is 12.3. The van der Waals surface area contributed by atoms with Crippen LogP contribution in [0.5, 0.6) is 0 Å². The highest BCUT2D eigenvalue weighted by Gasteiger charge is 2.34. The summed E-state index contributed by atoms with van der Waals surface area (Å²) in [4.78, 5) is 5.42. The van der Waals surface area contributed by atoms with E-state index >= 15 is 0 Å². The van der Waals surface area contributed by atoms with Gasteiger partial charge in [0.1, 0.15) is 0 Å². The Bertz CT molecular complexity index is 403. The molecule has 2 fully saturated rings. The van der Waals surface area contributed by atoms with E-state index in [0.717, 1.165) is 6.04 Å². The van der Waals surface area contributed by atoms with E-state index in [1.807, 2.05) is 0 Å². The molecule has 0 bridgehead atoms. The highest BCUT2D eigenvalue weighted by molar-refractivity contribution is 5.19. The van der Waals surface area contributed by atoms with Crippen LogP contribution in [0.2, 0.25) is 0 Å². The van der Waals surface area contributed by atoms with Gasteiger partial charge in [-0.25, -0.2) is 0 Å². The molecule has 2 aliphatic rings. The van der Waals surface area contributed by atoms with Crippen molar-refractivity contribution >= 4 is 0 Å². The average Bonchev–Trinajstić information content (AvgIpc) is 2.87. The third-order valence-electron chi connectivity index (χ3n) is 4.94. The van der Waals surface area contributed by atoms with Crippen LogP contribution in [0.25, 0.3) is 0 Å². The van der Waals surface area contributed by atoms with Crippen LogP contribution in [0.3, 0.4) is 0 Å². The Hall–Kier alpha value is -0.860. The second-order valence-corrected chi connectivity index (χ2v) is 6.41. The number of nitrogens with zero attached hydrogens (tertiary/aromatic N) is 2. The maximum absolute atomic E-state index is 2.71. The van der Waals surface area contributed by atoms with Crippen LogP contribution in [0.4, 0.5) is 0 Å². The number of hydrogen-bond acceptors (Lipinski definition) is 2. The molecule has 2 heterocycles. The van der Waals surface area contributed by atoms with Gasteiger partial charge < -0.3 is 0 Å². The topological polar surface area (TPSA) is 6.48 Å². The number of piperazine rings is 1. The van der Waals surface area contributed by atoms with Gasteiger partial charge in [-0.2, -0.15) is 0 Å². The quantitative estimate of drug-likeness (QED) is 0.822. The Kier molecular flexibility index (Phi) is 3.90. The zero-order valence-corrected chi connectivity index (χ0v) is 12.3. The highest BCUT2D eigenvalue weighted by Crippen LogP contribution is 2.26. The lowest BCUT2D eigenvalue weighted by atomic mass is 9.98. The monoisotopic (exact) mass is 258 g/mol. The third kappa shape index (κ3) is 2.85. The fourth-order valence-corrected chi connectivity index (χ4v) is 3.74. The molecular formula is C17H26N2. The first-order valence-electron chi connectivity index (χ1n) is 7.77. The van der Waals surface area contributed by atoms with Gasteiger partial charge in [-0.3, -0.25) is 9.80 Å². The fourth-order valence-electron chi connectivity index (χ4n) is 3.74. The molecule has 2 saturated heterocycles. The minimum atomic E-state index is 0.636. The molecule has 0 aromatic heterocycles. The van der Waals surface area contributed by atoms with Crippen molar-refractivity contribution in [2.75, 3.05) is 26.2 Å². The standard InChI is InChI=1S/C17H26N2/c1-14(16-7-4-3-5-8-16)11-19-13-17-9-6-10-18(17)12-15(19)2/h3-5,7-8,14-15,17H,6,9-13H2,1-2H3. The van der Waals surface area contributed by atoms with Crippen molar-refractivity contribution in [2.45, 2.75) is 44.7 Å². The Balaban J connectivity index is 1.63. The Labute approximate surface area is 117 Å². The van der Waals surface area contributed by atoms with Gasteiger partial charge in [0.05, 0.1) is 0 Å². The average molecular weight is 258 g/mol. The van der Waals surface area contributed by atoms with Crippen molar-refractivity contribution in [3.63, 3.8) is 0 Å². The maximum atomic E-state index is 2.71. The van der Waals surface area contributed by atoms with Gasteiger partial charge in [0, 0.05) is 31.7 Å².